The first-order valence-corrected chi connectivity index (χ1v) is 8.47. The molecule has 10 heteroatoms. The minimum atomic E-state index is -0.861. The van der Waals surface area contributed by atoms with Crippen molar-refractivity contribution in [3.05, 3.63) is 58.1 Å². The predicted octanol–water partition coefficient (Wildman–Crippen LogP) is 2.41. The van der Waals surface area contributed by atoms with Gasteiger partial charge in [0.2, 0.25) is 5.91 Å². The molecule has 0 heterocycles. The van der Waals surface area contributed by atoms with E-state index in [0.717, 1.165) is 6.07 Å². The van der Waals surface area contributed by atoms with Crippen molar-refractivity contribution in [1.82, 2.24) is 0 Å². The summed E-state index contributed by atoms with van der Waals surface area (Å²) in [7, 11) is 3.29. The fourth-order valence-corrected chi connectivity index (χ4v) is 2.46. The number of esters is 1. The number of benzene rings is 2. The van der Waals surface area contributed by atoms with Gasteiger partial charge in [0, 0.05) is 38.5 Å². The number of nitrogens with one attached hydrogen (secondary N) is 2. The summed E-state index contributed by atoms with van der Waals surface area (Å²) in [4.78, 5) is 47.4. The van der Waals surface area contributed by atoms with Gasteiger partial charge in [-0.3, -0.25) is 19.7 Å². The average Bonchev–Trinajstić information content (AvgIpc) is 2.65. The van der Waals surface area contributed by atoms with Crippen LogP contribution in [0.15, 0.2) is 42.5 Å². The lowest BCUT2D eigenvalue weighted by molar-refractivity contribution is -0.384. The molecule has 0 saturated heterocycles. The van der Waals surface area contributed by atoms with E-state index >= 15 is 0 Å². The fraction of sp³-hybridized carbons (Fsp3) is 0.211. The van der Waals surface area contributed by atoms with Gasteiger partial charge in [0.25, 0.3) is 11.6 Å². The molecule has 0 fully saturated rings. The van der Waals surface area contributed by atoms with E-state index in [0.29, 0.717) is 17.1 Å². The topological polar surface area (TPSA) is 131 Å². The first-order valence-electron chi connectivity index (χ1n) is 8.47. The normalized spacial score (nSPS) is 10.0. The molecule has 0 aliphatic carbocycles. The lowest BCUT2D eigenvalue weighted by Gasteiger charge is -2.13. The predicted molar refractivity (Wildman–Crippen MR) is 107 cm³/mol. The van der Waals surface area contributed by atoms with E-state index in [1.807, 2.05) is 0 Å². The number of carbonyl (C=O) groups is 3. The van der Waals surface area contributed by atoms with Gasteiger partial charge in [-0.1, -0.05) is 6.07 Å². The summed E-state index contributed by atoms with van der Waals surface area (Å²) < 4.78 is 4.94. The minimum absolute atomic E-state index is 0.0391. The number of carbonyl (C=O) groups excluding carboxylic acids is 3. The third-order valence-electron chi connectivity index (χ3n) is 3.69. The van der Waals surface area contributed by atoms with Gasteiger partial charge in [-0.05, 0) is 30.3 Å². The quantitative estimate of drug-likeness (QED) is 0.414. The smallest absolute Gasteiger partial charge is 0.338 e. The summed E-state index contributed by atoms with van der Waals surface area (Å²) in [6.45, 7) is 0.784. The lowest BCUT2D eigenvalue weighted by Crippen LogP contribution is -2.21. The number of hydrogen-bond acceptors (Lipinski definition) is 7. The Morgan fingerprint density at radius 1 is 1.07 bits per heavy atom. The molecule has 152 valence electrons. The molecule has 2 aromatic rings. The van der Waals surface area contributed by atoms with Crippen molar-refractivity contribution in [2.45, 2.75) is 6.92 Å². The largest absolute Gasteiger partial charge is 0.452 e. The molecule has 0 aliphatic rings. The number of hydrogen-bond donors (Lipinski definition) is 2. The highest BCUT2D eigenvalue weighted by molar-refractivity contribution is 5.97. The molecule has 29 heavy (non-hydrogen) atoms. The van der Waals surface area contributed by atoms with Crippen LogP contribution >= 0.6 is 0 Å². The van der Waals surface area contributed by atoms with Crippen LogP contribution < -0.4 is 15.5 Å². The molecule has 0 aliphatic heterocycles. The van der Waals surface area contributed by atoms with Crippen LogP contribution in [0.3, 0.4) is 0 Å². The molecule has 0 spiro atoms. The van der Waals surface area contributed by atoms with Crippen LogP contribution in [-0.2, 0) is 14.3 Å². The molecule has 2 aromatic carbocycles. The van der Waals surface area contributed by atoms with Gasteiger partial charge >= 0.3 is 5.97 Å². The molecule has 0 atom stereocenters. The molecule has 0 radical (unpaired) electrons. The molecule has 2 rings (SSSR count). The Kier molecular flexibility index (Phi) is 6.85. The summed E-state index contributed by atoms with van der Waals surface area (Å²) in [5.74, 6) is -1.71. The highest BCUT2D eigenvalue weighted by Crippen LogP contribution is 2.28. The SMILES string of the molecule is CC(=O)Nc1cccc(NC(=O)COC(=O)c2ccc(N(C)C)c([N+](=O)[O-])c2)c1. The summed E-state index contributed by atoms with van der Waals surface area (Å²) >= 11 is 0. The Morgan fingerprint density at radius 3 is 2.31 bits per heavy atom. The van der Waals surface area contributed by atoms with E-state index in [-0.39, 0.29) is 17.2 Å². The summed E-state index contributed by atoms with van der Waals surface area (Å²) in [5.41, 5.74) is 0.957. The summed E-state index contributed by atoms with van der Waals surface area (Å²) in [5, 5.41) is 16.3. The third-order valence-corrected chi connectivity index (χ3v) is 3.69. The average molecular weight is 400 g/mol. The van der Waals surface area contributed by atoms with Gasteiger partial charge in [-0.15, -0.1) is 0 Å². The van der Waals surface area contributed by atoms with Crippen LogP contribution in [0, 0.1) is 10.1 Å². The molecule has 2 N–H and O–H groups in total. The second kappa shape index (κ2) is 9.31. The second-order valence-corrected chi connectivity index (χ2v) is 6.24. The van der Waals surface area contributed by atoms with E-state index in [2.05, 4.69) is 10.6 Å². The lowest BCUT2D eigenvalue weighted by atomic mass is 10.1. The molecule has 2 amide bonds. The molecule has 0 saturated carbocycles. The Hall–Kier alpha value is -3.95. The number of nitrogens with zero attached hydrogens (tertiary/aromatic N) is 2. The van der Waals surface area contributed by atoms with Crippen molar-refractivity contribution < 1.29 is 24.0 Å². The summed E-state index contributed by atoms with van der Waals surface area (Å²) in [6, 6.07) is 10.4. The van der Waals surface area contributed by atoms with Crippen molar-refractivity contribution in [3.8, 4) is 0 Å². The van der Waals surface area contributed by atoms with Crippen LogP contribution in [0.1, 0.15) is 17.3 Å². The number of ether oxygens (including phenoxy) is 1. The number of nitro benzene ring substituents is 1. The van der Waals surface area contributed by atoms with E-state index in [1.165, 1.54) is 19.1 Å². The van der Waals surface area contributed by atoms with Crippen molar-refractivity contribution in [3.63, 3.8) is 0 Å². The maximum absolute atomic E-state index is 12.1. The highest BCUT2D eigenvalue weighted by Gasteiger charge is 2.20. The van der Waals surface area contributed by atoms with Crippen LogP contribution in [0.4, 0.5) is 22.7 Å². The van der Waals surface area contributed by atoms with E-state index in [1.54, 1.807) is 43.3 Å². The zero-order valence-electron chi connectivity index (χ0n) is 16.1. The first-order chi connectivity index (χ1) is 13.7. The van der Waals surface area contributed by atoms with Gasteiger partial charge in [-0.2, -0.15) is 0 Å². The Balaban J connectivity index is 2.00. The molecule has 0 unspecified atom stereocenters. The third kappa shape index (κ3) is 6.03. The van der Waals surface area contributed by atoms with Gasteiger partial charge in [0.1, 0.15) is 5.69 Å². The monoisotopic (exact) mass is 400 g/mol. The van der Waals surface area contributed by atoms with Crippen molar-refractivity contribution in [2.24, 2.45) is 0 Å². The Morgan fingerprint density at radius 2 is 1.72 bits per heavy atom. The van der Waals surface area contributed by atoms with Crippen molar-refractivity contribution in [1.29, 1.82) is 0 Å². The maximum Gasteiger partial charge on any atom is 0.338 e. The van der Waals surface area contributed by atoms with Crippen molar-refractivity contribution in [2.75, 3.05) is 36.2 Å². The second-order valence-electron chi connectivity index (χ2n) is 6.24. The molecule has 0 aromatic heterocycles. The Bertz CT molecular complexity index is 957. The Labute approximate surface area is 166 Å². The number of amides is 2. The molecular formula is C19H20N4O6. The van der Waals surface area contributed by atoms with Crippen LogP contribution in [0.2, 0.25) is 0 Å². The fourth-order valence-electron chi connectivity index (χ4n) is 2.46. The van der Waals surface area contributed by atoms with E-state index in [4.69, 9.17) is 4.74 Å². The minimum Gasteiger partial charge on any atom is -0.452 e. The van der Waals surface area contributed by atoms with Crippen LogP contribution in [0.5, 0.6) is 0 Å². The molecule has 0 bridgehead atoms. The number of anilines is 3. The van der Waals surface area contributed by atoms with E-state index in [9.17, 15) is 24.5 Å². The van der Waals surface area contributed by atoms with Crippen molar-refractivity contribution >= 4 is 40.5 Å². The standard InChI is InChI=1S/C19H20N4O6/c1-12(24)20-14-5-4-6-15(10-14)21-18(25)11-29-19(26)13-7-8-16(22(2)3)17(9-13)23(27)28/h4-10H,11H2,1-3H3,(H,20,24)(H,21,25). The zero-order chi connectivity index (χ0) is 21.6. The molecular weight excluding hydrogens is 380 g/mol. The first kappa shape index (κ1) is 21.4. The van der Waals surface area contributed by atoms with E-state index < -0.39 is 23.4 Å². The zero-order valence-corrected chi connectivity index (χ0v) is 16.1. The van der Waals surface area contributed by atoms with Gasteiger partial charge in [0.05, 0.1) is 10.5 Å². The van der Waals surface area contributed by atoms with Gasteiger partial charge in [0.15, 0.2) is 6.61 Å². The van der Waals surface area contributed by atoms with Gasteiger partial charge in [-0.25, -0.2) is 4.79 Å². The number of rotatable bonds is 7. The summed E-state index contributed by atoms with van der Waals surface area (Å²) in [6.07, 6.45) is 0. The highest BCUT2D eigenvalue weighted by atomic mass is 16.6. The van der Waals surface area contributed by atoms with Gasteiger partial charge < -0.3 is 20.3 Å². The molecule has 10 nitrogen and oxygen atoms in total. The van der Waals surface area contributed by atoms with Crippen LogP contribution in [0.25, 0.3) is 0 Å². The maximum atomic E-state index is 12.1. The van der Waals surface area contributed by atoms with Crippen LogP contribution in [-0.4, -0.2) is 43.4 Å². The number of nitro groups is 1.